The van der Waals surface area contributed by atoms with Crippen LogP contribution in [-0.4, -0.2) is 38.8 Å². The molecule has 1 saturated heterocycles. The Morgan fingerprint density at radius 1 is 1.25 bits per heavy atom. The van der Waals surface area contributed by atoms with Crippen LogP contribution in [0.15, 0.2) is 30.3 Å². The van der Waals surface area contributed by atoms with E-state index in [2.05, 4.69) is 4.72 Å². The summed E-state index contributed by atoms with van der Waals surface area (Å²) in [7, 11) is -3.33. The Hall–Kier alpha value is -0.620. The topological polar surface area (TPSA) is 55.4 Å². The zero-order valence-electron chi connectivity index (χ0n) is 11.3. The van der Waals surface area contributed by atoms with Crippen molar-refractivity contribution >= 4 is 21.6 Å². The number of hydrogen-bond acceptors (Lipinski definition) is 3. The largest absolute Gasteiger partial charge is 0.381 e. The van der Waals surface area contributed by atoms with Crippen LogP contribution >= 0.6 is 11.6 Å². The number of nitrogens with one attached hydrogen (secondary N) is 1. The quantitative estimate of drug-likeness (QED) is 0.816. The highest BCUT2D eigenvalue weighted by molar-refractivity contribution is 7.90. The molecule has 0 aliphatic carbocycles. The van der Waals surface area contributed by atoms with Crippen molar-refractivity contribution in [3.8, 4) is 0 Å². The Morgan fingerprint density at radius 3 is 2.50 bits per heavy atom. The van der Waals surface area contributed by atoms with E-state index in [1.807, 2.05) is 30.3 Å². The smallest absolute Gasteiger partial charge is 0.214 e. The third-order valence-corrected chi connectivity index (χ3v) is 5.83. The second kappa shape index (κ2) is 7.41. The Kier molecular flexibility index (Phi) is 5.84. The summed E-state index contributed by atoms with van der Waals surface area (Å²) in [5.41, 5.74) is 1.08. The summed E-state index contributed by atoms with van der Waals surface area (Å²) in [6.07, 6.45) is 1.71. The molecule has 1 aromatic carbocycles. The zero-order chi connectivity index (χ0) is 14.4. The van der Waals surface area contributed by atoms with Crippen LogP contribution < -0.4 is 4.72 Å². The maximum absolute atomic E-state index is 12.3. The minimum atomic E-state index is -3.33. The van der Waals surface area contributed by atoms with E-state index in [1.165, 1.54) is 0 Å². The van der Waals surface area contributed by atoms with E-state index < -0.39 is 10.0 Å². The van der Waals surface area contributed by atoms with E-state index in [-0.39, 0.29) is 17.2 Å². The van der Waals surface area contributed by atoms with E-state index in [4.69, 9.17) is 16.3 Å². The molecule has 1 unspecified atom stereocenters. The summed E-state index contributed by atoms with van der Waals surface area (Å²) in [4.78, 5) is 0. The van der Waals surface area contributed by atoms with E-state index >= 15 is 0 Å². The molecule has 1 fully saturated rings. The van der Waals surface area contributed by atoms with Gasteiger partial charge in [-0.3, -0.25) is 0 Å². The lowest BCUT2D eigenvalue weighted by molar-refractivity contribution is 0.0981. The van der Waals surface area contributed by atoms with Gasteiger partial charge in [-0.25, -0.2) is 13.1 Å². The molecule has 0 amide bonds. The fraction of sp³-hybridized carbons (Fsp3) is 0.571. The lowest BCUT2D eigenvalue weighted by Crippen LogP contribution is -2.44. The van der Waals surface area contributed by atoms with Gasteiger partial charge in [0.2, 0.25) is 10.0 Å². The number of ether oxygens (including phenoxy) is 1. The van der Waals surface area contributed by atoms with E-state index in [0.29, 0.717) is 32.5 Å². The molecule has 1 atom stereocenters. The average Bonchev–Trinajstić information content (AvgIpc) is 2.48. The molecule has 0 bridgehead atoms. The third-order valence-electron chi connectivity index (χ3n) is 3.45. The van der Waals surface area contributed by atoms with E-state index in [0.717, 1.165) is 5.56 Å². The molecule has 1 aliphatic rings. The van der Waals surface area contributed by atoms with Crippen LogP contribution in [0.1, 0.15) is 18.4 Å². The zero-order valence-corrected chi connectivity index (χ0v) is 12.9. The first-order chi connectivity index (χ1) is 9.62. The minimum Gasteiger partial charge on any atom is -0.381 e. The molecule has 1 aliphatic heterocycles. The van der Waals surface area contributed by atoms with Gasteiger partial charge in [0, 0.05) is 25.1 Å². The number of sulfonamides is 1. The van der Waals surface area contributed by atoms with Gasteiger partial charge in [0.15, 0.2) is 0 Å². The van der Waals surface area contributed by atoms with Gasteiger partial charge in [0.05, 0.1) is 5.25 Å². The first-order valence-electron chi connectivity index (χ1n) is 6.80. The second-order valence-corrected chi connectivity index (χ2v) is 7.32. The van der Waals surface area contributed by atoms with Gasteiger partial charge in [-0.1, -0.05) is 30.3 Å². The SMILES string of the molecule is O=S(=O)(NC(CCl)Cc1ccccc1)C1CCOCC1. The number of halogens is 1. The molecule has 1 N–H and O–H groups in total. The molecule has 0 spiro atoms. The number of benzene rings is 1. The summed E-state index contributed by atoms with van der Waals surface area (Å²) >= 11 is 5.91. The summed E-state index contributed by atoms with van der Waals surface area (Å²) in [6.45, 7) is 1.02. The monoisotopic (exact) mass is 317 g/mol. The summed E-state index contributed by atoms with van der Waals surface area (Å²) in [5.74, 6) is 0.261. The third kappa shape index (κ3) is 4.45. The van der Waals surface area contributed by atoms with Crippen molar-refractivity contribution in [2.45, 2.75) is 30.6 Å². The maximum atomic E-state index is 12.3. The van der Waals surface area contributed by atoms with E-state index in [9.17, 15) is 8.42 Å². The molecule has 0 radical (unpaired) electrons. The highest BCUT2D eigenvalue weighted by Crippen LogP contribution is 2.16. The van der Waals surface area contributed by atoms with Gasteiger partial charge < -0.3 is 4.74 Å². The number of hydrogen-bond donors (Lipinski definition) is 1. The molecule has 6 heteroatoms. The average molecular weight is 318 g/mol. The van der Waals surface area contributed by atoms with Crippen molar-refractivity contribution in [3.05, 3.63) is 35.9 Å². The first kappa shape index (κ1) is 15.8. The van der Waals surface area contributed by atoms with Gasteiger partial charge in [-0.2, -0.15) is 0 Å². The van der Waals surface area contributed by atoms with Crippen LogP contribution in [0.2, 0.25) is 0 Å². The summed E-state index contributed by atoms with van der Waals surface area (Å²) in [6, 6.07) is 9.49. The minimum absolute atomic E-state index is 0.261. The van der Waals surface area contributed by atoms with Crippen LogP contribution in [0.25, 0.3) is 0 Å². The highest BCUT2D eigenvalue weighted by Gasteiger charge is 2.29. The predicted molar refractivity (Wildman–Crippen MR) is 80.6 cm³/mol. The second-order valence-electron chi connectivity index (χ2n) is 5.02. The Morgan fingerprint density at radius 2 is 1.90 bits per heavy atom. The van der Waals surface area contributed by atoms with Gasteiger partial charge in [-0.15, -0.1) is 11.6 Å². The fourth-order valence-electron chi connectivity index (χ4n) is 2.34. The van der Waals surface area contributed by atoms with Crippen LogP contribution in [0.5, 0.6) is 0 Å². The van der Waals surface area contributed by atoms with Crippen LogP contribution in [-0.2, 0) is 21.2 Å². The van der Waals surface area contributed by atoms with Gasteiger partial charge >= 0.3 is 0 Å². The molecule has 0 aromatic heterocycles. The van der Waals surface area contributed by atoms with Gasteiger partial charge in [-0.05, 0) is 24.8 Å². The molecule has 1 aromatic rings. The first-order valence-corrected chi connectivity index (χ1v) is 8.88. The Labute approximate surface area is 125 Å². The summed E-state index contributed by atoms with van der Waals surface area (Å²) < 4.78 is 32.6. The van der Waals surface area contributed by atoms with Crippen molar-refractivity contribution in [2.24, 2.45) is 0 Å². The standard InChI is InChI=1S/C14H20ClNO3S/c15-11-13(10-12-4-2-1-3-5-12)16-20(17,18)14-6-8-19-9-7-14/h1-5,13-14,16H,6-11H2. The van der Waals surface area contributed by atoms with Crippen LogP contribution in [0.4, 0.5) is 0 Å². The number of alkyl halides is 1. The van der Waals surface area contributed by atoms with Gasteiger partial charge in [0.1, 0.15) is 0 Å². The van der Waals surface area contributed by atoms with Crippen molar-refractivity contribution in [2.75, 3.05) is 19.1 Å². The molecule has 20 heavy (non-hydrogen) atoms. The lowest BCUT2D eigenvalue weighted by atomic mass is 10.1. The maximum Gasteiger partial charge on any atom is 0.214 e. The van der Waals surface area contributed by atoms with E-state index in [1.54, 1.807) is 0 Å². The molecule has 2 rings (SSSR count). The van der Waals surface area contributed by atoms with Crippen molar-refractivity contribution in [1.29, 1.82) is 0 Å². The van der Waals surface area contributed by atoms with Crippen molar-refractivity contribution < 1.29 is 13.2 Å². The van der Waals surface area contributed by atoms with Crippen molar-refractivity contribution in [3.63, 3.8) is 0 Å². The molecule has 1 heterocycles. The molecule has 4 nitrogen and oxygen atoms in total. The molecule has 112 valence electrons. The van der Waals surface area contributed by atoms with Crippen LogP contribution in [0, 0.1) is 0 Å². The van der Waals surface area contributed by atoms with Crippen LogP contribution in [0.3, 0.4) is 0 Å². The Bertz CT molecular complexity index is 500. The molecular weight excluding hydrogens is 298 g/mol. The van der Waals surface area contributed by atoms with Crippen molar-refractivity contribution in [1.82, 2.24) is 4.72 Å². The normalized spacial score (nSPS) is 18.9. The molecule has 0 saturated carbocycles. The predicted octanol–water partition coefficient (Wildman–Crippen LogP) is 1.93. The Balaban J connectivity index is 1.98. The summed E-state index contributed by atoms with van der Waals surface area (Å²) in [5, 5.41) is -0.363. The molecular formula is C14H20ClNO3S. The lowest BCUT2D eigenvalue weighted by Gasteiger charge is -2.25. The van der Waals surface area contributed by atoms with Gasteiger partial charge in [0.25, 0.3) is 0 Å². The highest BCUT2D eigenvalue weighted by atomic mass is 35.5. The number of rotatable bonds is 6. The fourth-order valence-corrected chi connectivity index (χ4v) is 4.26.